The molecule has 47 heavy (non-hydrogen) atoms. The molecule has 0 radical (unpaired) electrons. The van der Waals surface area contributed by atoms with Gasteiger partial charge in [-0.3, -0.25) is 14.4 Å². The molecular formula is C39H46N2O6. The first-order valence-electron chi connectivity index (χ1n) is 16.2. The number of aliphatic hydroxyl groups excluding tert-OH is 1. The highest BCUT2D eigenvalue weighted by Crippen LogP contribution is 2.28. The van der Waals surface area contributed by atoms with Gasteiger partial charge in [0.1, 0.15) is 6.10 Å². The van der Waals surface area contributed by atoms with Crippen molar-refractivity contribution in [3.8, 4) is 0 Å². The number of benzene rings is 3. The van der Waals surface area contributed by atoms with Crippen molar-refractivity contribution >= 4 is 17.8 Å². The third-order valence-electron chi connectivity index (χ3n) is 8.65. The molecule has 0 unspecified atom stereocenters. The first-order chi connectivity index (χ1) is 22.9. The van der Waals surface area contributed by atoms with E-state index in [0.29, 0.717) is 31.4 Å². The van der Waals surface area contributed by atoms with Gasteiger partial charge in [0.15, 0.2) is 0 Å². The molecule has 1 aliphatic heterocycles. The van der Waals surface area contributed by atoms with Crippen molar-refractivity contribution in [2.24, 2.45) is 11.8 Å². The smallest absolute Gasteiger partial charge is 0.310 e. The molecule has 0 saturated carbocycles. The molecule has 5 atom stereocenters. The number of fused-ring (bicyclic) bond motifs is 1. The summed E-state index contributed by atoms with van der Waals surface area (Å²) in [7, 11) is 1.52. The number of allylic oxidation sites excluding steroid dienone is 2. The van der Waals surface area contributed by atoms with E-state index < -0.39 is 30.0 Å². The molecule has 0 aliphatic carbocycles. The number of esters is 1. The number of nitrogens with zero attached hydrogens (tertiary/aromatic N) is 1. The molecule has 0 aromatic heterocycles. The van der Waals surface area contributed by atoms with Crippen LogP contribution in [-0.4, -0.2) is 60.2 Å². The molecule has 248 valence electrons. The zero-order valence-corrected chi connectivity index (χ0v) is 27.1. The van der Waals surface area contributed by atoms with Gasteiger partial charge in [0.2, 0.25) is 11.8 Å². The Bertz CT molecular complexity index is 1480. The number of carbonyl (C=O) groups is 3. The van der Waals surface area contributed by atoms with Crippen molar-refractivity contribution in [2.75, 3.05) is 20.3 Å². The number of aliphatic hydroxyl groups is 1. The highest BCUT2D eigenvalue weighted by atomic mass is 16.5. The van der Waals surface area contributed by atoms with E-state index in [2.05, 4.69) is 18.5 Å². The minimum absolute atomic E-state index is 0.0631. The molecule has 0 bridgehead atoms. The van der Waals surface area contributed by atoms with Gasteiger partial charge in [-0.05, 0) is 47.9 Å². The van der Waals surface area contributed by atoms with E-state index in [1.807, 2.05) is 84.9 Å². The Kier molecular flexibility index (Phi) is 13.5. The zero-order chi connectivity index (χ0) is 33.6. The van der Waals surface area contributed by atoms with E-state index in [1.165, 1.54) is 7.11 Å². The van der Waals surface area contributed by atoms with Gasteiger partial charge < -0.3 is 24.8 Å². The van der Waals surface area contributed by atoms with Crippen molar-refractivity contribution < 1.29 is 29.0 Å². The molecule has 1 heterocycles. The van der Waals surface area contributed by atoms with Crippen LogP contribution in [0.3, 0.4) is 0 Å². The molecule has 3 aromatic carbocycles. The SMILES string of the molecule is C=CC[C@@H](CC(=O)N1Cc2ccccc2C[C@H]1CO)C(=O)N[C@@H](COC)[C@@H](OC(=O)[C@@H](CC=C)Cc1ccccc1)c1ccccc1. The Morgan fingerprint density at radius 3 is 2.17 bits per heavy atom. The minimum atomic E-state index is -0.854. The topological polar surface area (TPSA) is 105 Å². The Labute approximate surface area is 278 Å². The summed E-state index contributed by atoms with van der Waals surface area (Å²) in [4.78, 5) is 42.9. The maximum absolute atomic E-state index is 13.9. The summed E-state index contributed by atoms with van der Waals surface area (Å²) in [6, 6.07) is 25.8. The number of hydrogen-bond donors (Lipinski definition) is 2. The van der Waals surface area contributed by atoms with Crippen LogP contribution in [0, 0.1) is 11.8 Å². The normalized spacial score (nSPS) is 16.6. The number of methoxy groups -OCH3 is 1. The van der Waals surface area contributed by atoms with Crippen LogP contribution in [0.2, 0.25) is 0 Å². The van der Waals surface area contributed by atoms with E-state index in [0.717, 1.165) is 16.7 Å². The van der Waals surface area contributed by atoms with Crippen molar-refractivity contribution in [3.05, 3.63) is 132 Å². The number of nitrogens with one attached hydrogen (secondary N) is 1. The fourth-order valence-electron chi connectivity index (χ4n) is 6.15. The average Bonchev–Trinajstić information content (AvgIpc) is 3.10. The van der Waals surface area contributed by atoms with E-state index in [1.54, 1.807) is 17.1 Å². The van der Waals surface area contributed by atoms with Crippen molar-refractivity contribution in [3.63, 3.8) is 0 Å². The number of carbonyl (C=O) groups excluding carboxylic acids is 3. The van der Waals surface area contributed by atoms with Gasteiger partial charge in [-0.1, -0.05) is 97.1 Å². The monoisotopic (exact) mass is 638 g/mol. The quantitative estimate of drug-likeness (QED) is 0.152. The minimum Gasteiger partial charge on any atom is -0.455 e. The van der Waals surface area contributed by atoms with Crippen LogP contribution in [0.5, 0.6) is 0 Å². The highest BCUT2D eigenvalue weighted by Gasteiger charge is 2.35. The van der Waals surface area contributed by atoms with Crippen molar-refractivity contribution in [2.45, 2.75) is 56.8 Å². The molecule has 8 heteroatoms. The van der Waals surface area contributed by atoms with Crippen LogP contribution < -0.4 is 5.32 Å². The van der Waals surface area contributed by atoms with E-state index in [9.17, 15) is 19.5 Å². The van der Waals surface area contributed by atoms with E-state index >= 15 is 0 Å². The second-order valence-corrected chi connectivity index (χ2v) is 12.0. The van der Waals surface area contributed by atoms with Gasteiger partial charge in [-0.25, -0.2) is 0 Å². The Hall–Kier alpha value is -4.53. The average molecular weight is 639 g/mol. The van der Waals surface area contributed by atoms with E-state index in [4.69, 9.17) is 9.47 Å². The molecule has 8 nitrogen and oxygen atoms in total. The third-order valence-corrected chi connectivity index (χ3v) is 8.65. The molecule has 1 aliphatic rings. The fraction of sp³-hybridized carbons (Fsp3) is 0.359. The maximum atomic E-state index is 13.9. The predicted octanol–water partition coefficient (Wildman–Crippen LogP) is 5.37. The lowest BCUT2D eigenvalue weighted by Crippen LogP contribution is -2.49. The Morgan fingerprint density at radius 2 is 1.53 bits per heavy atom. The van der Waals surface area contributed by atoms with Gasteiger partial charge in [0.25, 0.3) is 0 Å². The summed E-state index contributed by atoms with van der Waals surface area (Å²) in [5.41, 5.74) is 3.85. The zero-order valence-electron chi connectivity index (χ0n) is 27.1. The molecule has 2 amide bonds. The van der Waals surface area contributed by atoms with Crippen LogP contribution >= 0.6 is 0 Å². The van der Waals surface area contributed by atoms with Gasteiger partial charge in [-0.15, -0.1) is 13.2 Å². The molecule has 2 N–H and O–H groups in total. The Morgan fingerprint density at radius 1 is 0.915 bits per heavy atom. The maximum Gasteiger partial charge on any atom is 0.310 e. The largest absolute Gasteiger partial charge is 0.455 e. The summed E-state index contributed by atoms with van der Waals surface area (Å²) in [6.07, 6.45) is 4.13. The number of ether oxygens (including phenoxy) is 2. The predicted molar refractivity (Wildman–Crippen MR) is 182 cm³/mol. The number of amides is 2. The lowest BCUT2D eigenvalue weighted by Gasteiger charge is -2.37. The second kappa shape index (κ2) is 18.0. The number of hydrogen-bond acceptors (Lipinski definition) is 6. The van der Waals surface area contributed by atoms with E-state index in [-0.39, 0.29) is 43.9 Å². The molecule has 3 aromatic rings. The lowest BCUT2D eigenvalue weighted by molar-refractivity contribution is -0.158. The first kappa shape index (κ1) is 35.3. The fourth-order valence-corrected chi connectivity index (χ4v) is 6.15. The molecule has 4 rings (SSSR count). The van der Waals surface area contributed by atoms with Crippen LogP contribution in [0.15, 0.2) is 110 Å². The molecular weight excluding hydrogens is 592 g/mol. The van der Waals surface area contributed by atoms with Crippen LogP contribution in [0.25, 0.3) is 0 Å². The lowest BCUT2D eigenvalue weighted by atomic mass is 9.92. The summed E-state index contributed by atoms with van der Waals surface area (Å²) >= 11 is 0. The highest BCUT2D eigenvalue weighted by molar-refractivity contribution is 5.86. The second-order valence-electron chi connectivity index (χ2n) is 12.0. The summed E-state index contributed by atoms with van der Waals surface area (Å²) in [5.74, 6) is -2.20. The number of rotatable bonds is 17. The van der Waals surface area contributed by atoms with Crippen LogP contribution in [0.4, 0.5) is 0 Å². The molecule has 0 saturated heterocycles. The standard InChI is InChI=1S/C39H46N2O6/c1-4-14-31(24-36(43)41-25-33-21-13-12-20-30(33)23-34(41)26-42)38(44)40-35(27-46-3)37(29-18-10-7-11-19-29)47-39(45)32(15-5-2)22-28-16-8-6-9-17-28/h4-13,16-21,31-32,34-35,37,42H,1-2,14-15,22-27H2,3H3,(H,40,44)/t31-,32-,34-,35-,37-/m0/s1. The van der Waals surface area contributed by atoms with Crippen molar-refractivity contribution in [1.82, 2.24) is 10.2 Å². The first-order valence-corrected chi connectivity index (χ1v) is 16.2. The summed E-state index contributed by atoms with van der Waals surface area (Å²) < 4.78 is 11.7. The van der Waals surface area contributed by atoms with Crippen LogP contribution in [0.1, 0.15) is 47.6 Å². The summed E-state index contributed by atoms with van der Waals surface area (Å²) in [5, 5.41) is 13.2. The third kappa shape index (κ3) is 9.73. The van der Waals surface area contributed by atoms with Gasteiger partial charge in [-0.2, -0.15) is 0 Å². The van der Waals surface area contributed by atoms with Gasteiger partial charge in [0, 0.05) is 20.1 Å². The molecule has 0 fully saturated rings. The van der Waals surface area contributed by atoms with Gasteiger partial charge >= 0.3 is 5.97 Å². The van der Waals surface area contributed by atoms with Gasteiger partial charge in [0.05, 0.1) is 37.1 Å². The Balaban J connectivity index is 1.53. The summed E-state index contributed by atoms with van der Waals surface area (Å²) in [6.45, 7) is 7.93. The van der Waals surface area contributed by atoms with Crippen molar-refractivity contribution in [1.29, 1.82) is 0 Å². The molecule has 0 spiro atoms. The van der Waals surface area contributed by atoms with Crippen LogP contribution in [-0.2, 0) is 43.2 Å².